The maximum Gasteiger partial charge on any atom is 0.249 e. The molecule has 328 valence electrons. The van der Waals surface area contributed by atoms with Gasteiger partial charge < -0.3 is 45.4 Å². The first-order valence-corrected chi connectivity index (χ1v) is 22.8. The van der Waals surface area contributed by atoms with Gasteiger partial charge in [0.05, 0.1) is 25.4 Å². The molecule has 56 heavy (non-hydrogen) atoms. The second kappa shape index (κ2) is 36.4. The zero-order valence-electron chi connectivity index (χ0n) is 35.5. The molecule has 8 unspecified atom stereocenters. The lowest BCUT2D eigenvalue weighted by atomic mass is 9.99. The Morgan fingerprint density at radius 1 is 0.607 bits per heavy atom. The van der Waals surface area contributed by atoms with E-state index in [1.807, 2.05) is 6.08 Å². The van der Waals surface area contributed by atoms with E-state index in [-0.39, 0.29) is 13.0 Å². The third-order valence-electron chi connectivity index (χ3n) is 10.8. The van der Waals surface area contributed by atoms with Gasteiger partial charge >= 0.3 is 0 Å². The van der Waals surface area contributed by atoms with E-state index < -0.39 is 61.5 Å². The van der Waals surface area contributed by atoms with Gasteiger partial charge in [0.25, 0.3) is 0 Å². The predicted octanol–water partition coefficient (Wildman–Crippen LogP) is 8.25. The fourth-order valence-electron chi connectivity index (χ4n) is 7.00. The predicted molar refractivity (Wildman–Crippen MR) is 227 cm³/mol. The quantitative estimate of drug-likeness (QED) is 0.0242. The number of allylic oxidation sites excluding steroid dienone is 5. The molecule has 0 spiro atoms. The summed E-state index contributed by atoms with van der Waals surface area (Å²) in [5.41, 5.74) is 0. The highest BCUT2D eigenvalue weighted by Crippen LogP contribution is 2.22. The third kappa shape index (κ3) is 26.4. The molecule has 10 heteroatoms. The minimum atomic E-state index is -1.62. The minimum Gasteiger partial charge on any atom is -0.394 e. The van der Waals surface area contributed by atoms with Crippen molar-refractivity contribution >= 4 is 5.91 Å². The first-order valence-electron chi connectivity index (χ1n) is 22.8. The molecule has 7 N–H and O–H groups in total. The van der Waals surface area contributed by atoms with E-state index in [2.05, 4.69) is 43.5 Å². The maximum absolute atomic E-state index is 13.0. The van der Waals surface area contributed by atoms with E-state index in [1.54, 1.807) is 6.08 Å². The molecule has 1 rings (SSSR count). The summed E-state index contributed by atoms with van der Waals surface area (Å²) in [7, 11) is 0. The molecule has 0 aromatic carbocycles. The molecule has 1 fully saturated rings. The van der Waals surface area contributed by atoms with E-state index in [4.69, 9.17) is 9.47 Å². The Bertz CT molecular complexity index is 990. The monoisotopic (exact) mass is 796 g/mol. The van der Waals surface area contributed by atoms with Crippen molar-refractivity contribution in [3.63, 3.8) is 0 Å². The van der Waals surface area contributed by atoms with Crippen LogP contribution in [0.5, 0.6) is 0 Å². The second-order valence-corrected chi connectivity index (χ2v) is 16.0. The Hall–Kier alpha value is -1.63. The van der Waals surface area contributed by atoms with Gasteiger partial charge in [-0.25, -0.2) is 0 Å². The maximum atomic E-state index is 13.0. The van der Waals surface area contributed by atoms with Crippen LogP contribution in [0.15, 0.2) is 36.5 Å². The summed E-state index contributed by atoms with van der Waals surface area (Å²) in [4.78, 5) is 13.0. The molecule has 0 aromatic rings. The fourth-order valence-corrected chi connectivity index (χ4v) is 7.00. The van der Waals surface area contributed by atoms with E-state index in [1.165, 1.54) is 109 Å². The first-order chi connectivity index (χ1) is 27.3. The Morgan fingerprint density at radius 3 is 1.55 bits per heavy atom. The Balaban J connectivity index is 2.46. The van der Waals surface area contributed by atoms with Gasteiger partial charge in [0.15, 0.2) is 6.29 Å². The van der Waals surface area contributed by atoms with Crippen LogP contribution in [0.4, 0.5) is 0 Å². The molecule has 10 nitrogen and oxygen atoms in total. The smallest absolute Gasteiger partial charge is 0.249 e. The average Bonchev–Trinajstić information content (AvgIpc) is 3.20. The van der Waals surface area contributed by atoms with Crippen LogP contribution >= 0.6 is 0 Å². The summed E-state index contributed by atoms with van der Waals surface area (Å²) in [6.07, 6.45) is 33.7. The number of carbonyl (C=O) groups excluding carboxylic acids is 1. The molecule has 0 radical (unpaired) electrons. The lowest BCUT2D eigenvalue weighted by Crippen LogP contribution is -2.60. The van der Waals surface area contributed by atoms with Gasteiger partial charge in [-0.1, -0.05) is 166 Å². The van der Waals surface area contributed by atoms with Crippen LogP contribution < -0.4 is 5.32 Å². The summed E-state index contributed by atoms with van der Waals surface area (Å²) in [5.74, 6) is -0.636. The van der Waals surface area contributed by atoms with Crippen LogP contribution in [0.25, 0.3) is 0 Å². The Labute approximate surface area is 341 Å². The van der Waals surface area contributed by atoms with Crippen molar-refractivity contribution in [1.29, 1.82) is 0 Å². The van der Waals surface area contributed by atoms with Crippen molar-refractivity contribution in [2.75, 3.05) is 13.2 Å². The normalized spacial score (nSPS) is 22.0. The summed E-state index contributed by atoms with van der Waals surface area (Å²) < 4.78 is 11.1. The van der Waals surface area contributed by atoms with Gasteiger partial charge in [0.1, 0.15) is 30.5 Å². The highest BCUT2D eigenvalue weighted by molar-refractivity contribution is 5.80. The summed E-state index contributed by atoms with van der Waals surface area (Å²) in [5, 5.41) is 64.6. The van der Waals surface area contributed by atoms with Gasteiger partial charge in [-0.15, -0.1) is 0 Å². The number of rotatable bonds is 37. The number of nitrogens with one attached hydrogen (secondary N) is 1. The van der Waals surface area contributed by atoms with Gasteiger partial charge in [-0.3, -0.25) is 4.79 Å². The van der Waals surface area contributed by atoms with Gasteiger partial charge in [0, 0.05) is 0 Å². The molecule has 0 bridgehead atoms. The topological polar surface area (TPSA) is 169 Å². The van der Waals surface area contributed by atoms with Crippen molar-refractivity contribution in [2.24, 2.45) is 0 Å². The molecule has 1 amide bonds. The molecular weight excluding hydrogens is 711 g/mol. The molecule has 0 aromatic heterocycles. The van der Waals surface area contributed by atoms with Crippen LogP contribution in [0.1, 0.15) is 187 Å². The number of hydrogen-bond acceptors (Lipinski definition) is 9. The van der Waals surface area contributed by atoms with Gasteiger partial charge in [-0.05, 0) is 57.8 Å². The summed E-state index contributed by atoms with van der Waals surface area (Å²) >= 11 is 0. The van der Waals surface area contributed by atoms with Gasteiger partial charge in [-0.2, -0.15) is 0 Å². The fraction of sp³-hybridized carbons (Fsp3) is 0.848. The highest BCUT2D eigenvalue weighted by Gasteiger charge is 2.44. The minimum absolute atomic E-state index is 0.289. The number of aliphatic hydroxyl groups is 6. The lowest BCUT2D eigenvalue weighted by molar-refractivity contribution is -0.302. The zero-order valence-corrected chi connectivity index (χ0v) is 35.5. The zero-order chi connectivity index (χ0) is 41.1. The van der Waals surface area contributed by atoms with Crippen molar-refractivity contribution in [1.82, 2.24) is 5.32 Å². The number of amides is 1. The number of ether oxygens (including phenoxy) is 2. The van der Waals surface area contributed by atoms with Crippen LogP contribution in [-0.2, 0) is 14.3 Å². The van der Waals surface area contributed by atoms with E-state index >= 15 is 0 Å². The molecule has 1 aliphatic heterocycles. The van der Waals surface area contributed by atoms with Crippen molar-refractivity contribution < 1.29 is 44.9 Å². The molecule has 0 saturated carbocycles. The summed E-state index contributed by atoms with van der Waals surface area (Å²) in [6.45, 7) is 3.57. The van der Waals surface area contributed by atoms with Crippen molar-refractivity contribution in [3.05, 3.63) is 36.5 Å². The van der Waals surface area contributed by atoms with Crippen molar-refractivity contribution in [3.8, 4) is 0 Å². The number of aliphatic hydroxyl groups excluding tert-OH is 6. The van der Waals surface area contributed by atoms with Crippen LogP contribution in [-0.4, -0.2) is 98.7 Å². The second-order valence-electron chi connectivity index (χ2n) is 16.0. The number of unbranched alkanes of at least 4 members (excludes halogenated alkanes) is 22. The average molecular weight is 796 g/mol. The van der Waals surface area contributed by atoms with Crippen LogP contribution in [0.3, 0.4) is 0 Å². The van der Waals surface area contributed by atoms with E-state index in [9.17, 15) is 35.4 Å². The Kier molecular flexibility index (Phi) is 34.1. The first kappa shape index (κ1) is 52.4. The molecule has 1 saturated heterocycles. The number of carbonyl (C=O) groups is 1. The van der Waals surface area contributed by atoms with E-state index in [0.717, 1.165) is 44.9 Å². The molecule has 1 heterocycles. The lowest BCUT2D eigenvalue weighted by Gasteiger charge is -2.40. The van der Waals surface area contributed by atoms with E-state index in [0.29, 0.717) is 12.8 Å². The molecule has 0 aliphatic carbocycles. The SMILES string of the molecule is CCCCCCCCCC/C=C/CC/C=C/C(O)C(COC1OC(CO)C(O)C(O)C1O)NC(=O)C(O)CCCCCC/C=C\CCCCCCCCCCC. The molecule has 1 aliphatic rings. The Morgan fingerprint density at radius 2 is 1.05 bits per heavy atom. The summed E-state index contributed by atoms with van der Waals surface area (Å²) in [6, 6.07) is -0.999. The van der Waals surface area contributed by atoms with Crippen molar-refractivity contribution in [2.45, 2.75) is 236 Å². The molecular formula is C46H85NO9. The largest absolute Gasteiger partial charge is 0.394 e. The van der Waals surface area contributed by atoms with Gasteiger partial charge in [0.2, 0.25) is 5.91 Å². The molecule has 8 atom stereocenters. The number of hydrogen-bond donors (Lipinski definition) is 7. The third-order valence-corrected chi connectivity index (χ3v) is 10.8. The standard InChI is InChI=1S/C46H85NO9/c1-3-5-7-9-11-13-15-17-19-20-21-23-25-27-29-31-33-35-40(50)45(54)47-38(37-55-46-44(53)43(52)42(51)41(36-48)56-46)39(49)34-32-30-28-26-24-22-18-16-14-12-10-8-6-4-2/h21,23-24,26,32,34,38-44,46,48-53H,3-20,22,25,27-31,33,35-37H2,1-2H3,(H,47,54)/b23-21-,26-24+,34-32+. The van der Waals surface area contributed by atoms with Crippen LogP contribution in [0, 0.1) is 0 Å². The highest BCUT2D eigenvalue weighted by atomic mass is 16.7. The van der Waals surface area contributed by atoms with Crippen LogP contribution in [0.2, 0.25) is 0 Å².